The van der Waals surface area contributed by atoms with E-state index in [0.717, 1.165) is 35.3 Å². The standard InChI is InChI=1S/C12H16FIN2.ClH/c1-9(16-6-4-15-5-7-16)11-8-10(14)2-3-12(11)13;/h2-3,8-9,15H,4-7H2,1H3;1H/t9-;/m0./s1. The second kappa shape index (κ2) is 6.87. The molecule has 5 heteroatoms. The third-order valence-electron chi connectivity index (χ3n) is 3.11. The first-order valence-corrected chi connectivity index (χ1v) is 6.66. The lowest BCUT2D eigenvalue weighted by atomic mass is 10.1. The number of halogens is 3. The third-order valence-corrected chi connectivity index (χ3v) is 3.78. The van der Waals surface area contributed by atoms with Crippen LogP contribution in [0.2, 0.25) is 0 Å². The van der Waals surface area contributed by atoms with Crippen LogP contribution in [0.15, 0.2) is 18.2 Å². The van der Waals surface area contributed by atoms with E-state index in [1.165, 1.54) is 0 Å². The molecule has 1 aliphatic heterocycles. The Balaban J connectivity index is 0.00000144. The fourth-order valence-corrected chi connectivity index (χ4v) is 2.62. The molecule has 0 saturated carbocycles. The first-order valence-electron chi connectivity index (χ1n) is 5.58. The normalized spacial score (nSPS) is 18.5. The molecular weight excluding hydrogens is 354 g/mol. The van der Waals surface area contributed by atoms with Gasteiger partial charge < -0.3 is 5.32 Å². The Morgan fingerprint density at radius 2 is 2.00 bits per heavy atom. The van der Waals surface area contributed by atoms with Crippen LogP contribution in [0.5, 0.6) is 0 Å². The van der Waals surface area contributed by atoms with Gasteiger partial charge in [0, 0.05) is 41.4 Å². The van der Waals surface area contributed by atoms with Gasteiger partial charge in [0.1, 0.15) is 5.82 Å². The molecule has 1 heterocycles. The van der Waals surface area contributed by atoms with Crippen LogP contribution in [0.1, 0.15) is 18.5 Å². The van der Waals surface area contributed by atoms with Gasteiger partial charge in [-0.2, -0.15) is 0 Å². The number of benzene rings is 1. The van der Waals surface area contributed by atoms with Crippen LogP contribution in [0.25, 0.3) is 0 Å². The fraction of sp³-hybridized carbons (Fsp3) is 0.500. The lowest BCUT2D eigenvalue weighted by Gasteiger charge is -2.33. The van der Waals surface area contributed by atoms with Gasteiger partial charge in [0.15, 0.2) is 0 Å². The number of hydrogen-bond donors (Lipinski definition) is 1. The first-order chi connectivity index (χ1) is 7.68. The van der Waals surface area contributed by atoms with Crippen molar-refractivity contribution in [3.63, 3.8) is 0 Å². The predicted molar refractivity (Wildman–Crippen MR) is 79.2 cm³/mol. The molecule has 17 heavy (non-hydrogen) atoms. The fourth-order valence-electron chi connectivity index (χ4n) is 2.10. The molecule has 0 radical (unpaired) electrons. The molecule has 2 rings (SSSR count). The lowest BCUT2D eigenvalue weighted by molar-refractivity contribution is 0.182. The van der Waals surface area contributed by atoms with Crippen LogP contribution in [0, 0.1) is 9.39 Å². The summed E-state index contributed by atoms with van der Waals surface area (Å²) in [5.74, 6) is -0.0913. The number of nitrogens with zero attached hydrogens (tertiary/aromatic N) is 1. The van der Waals surface area contributed by atoms with Gasteiger partial charge >= 0.3 is 0 Å². The van der Waals surface area contributed by atoms with Gasteiger partial charge in [-0.1, -0.05) is 0 Å². The van der Waals surface area contributed by atoms with Crippen LogP contribution in [-0.4, -0.2) is 31.1 Å². The van der Waals surface area contributed by atoms with Crippen LogP contribution < -0.4 is 5.32 Å². The van der Waals surface area contributed by atoms with Crippen molar-refractivity contribution in [1.82, 2.24) is 10.2 Å². The van der Waals surface area contributed by atoms with Crippen molar-refractivity contribution in [2.45, 2.75) is 13.0 Å². The zero-order valence-electron chi connectivity index (χ0n) is 9.75. The summed E-state index contributed by atoms with van der Waals surface area (Å²) < 4.78 is 14.8. The molecule has 96 valence electrons. The molecule has 1 fully saturated rings. The van der Waals surface area contributed by atoms with Crippen molar-refractivity contribution in [2.75, 3.05) is 26.2 Å². The largest absolute Gasteiger partial charge is 0.314 e. The summed E-state index contributed by atoms with van der Waals surface area (Å²) in [6, 6.07) is 5.49. The summed E-state index contributed by atoms with van der Waals surface area (Å²) in [6.07, 6.45) is 0. The molecule has 0 amide bonds. The monoisotopic (exact) mass is 370 g/mol. The maximum atomic E-state index is 13.7. The minimum atomic E-state index is -0.0913. The maximum absolute atomic E-state index is 13.7. The summed E-state index contributed by atoms with van der Waals surface area (Å²) in [4.78, 5) is 2.32. The van der Waals surface area contributed by atoms with Gasteiger partial charge in [-0.15, -0.1) is 12.4 Å². The molecule has 1 saturated heterocycles. The van der Waals surface area contributed by atoms with Gasteiger partial charge in [-0.05, 0) is 47.7 Å². The van der Waals surface area contributed by atoms with E-state index in [1.54, 1.807) is 6.07 Å². The van der Waals surface area contributed by atoms with Gasteiger partial charge in [-0.3, -0.25) is 4.90 Å². The SMILES string of the molecule is C[C@@H](c1cc(I)ccc1F)N1CCNCC1.Cl. The second-order valence-electron chi connectivity index (χ2n) is 4.13. The quantitative estimate of drug-likeness (QED) is 0.806. The van der Waals surface area contributed by atoms with E-state index in [9.17, 15) is 4.39 Å². The number of nitrogens with one attached hydrogen (secondary N) is 1. The molecule has 2 nitrogen and oxygen atoms in total. The average molecular weight is 371 g/mol. The molecule has 1 aromatic rings. The molecule has 1 atom stereocenters. The Bertz CT molecular complexity index is 370. The summed E-state index contributed by atoms with van der Waals surface area (Å²) >= 11 is 2.23. The predicted octanol–water partition coefficient (Wildman–Crippen LogP) is 2.82. The highest BCUT2D eigenvalue weighted by atomic mass is 127. The van der Waals surface area contributed by atoms with Crippen molar-refractivity contribution < 1.29 is 4.39 Å². The zero-order chi connectivity index (χ0) is 11.5. The Kier molecular flexibility index (Phi) is 6.12. The van der Waals surface area contributed by atoms with Crippen LogP contribution in [0.4, 0.5) is 4.39 Å². The minimum Gasteiger partial charge on any atom is -0.314 e. The summed E-state index contributed by atoms with van der Waals surface area (Å²) in [5.41, 5.74) is 0.814. The van der Waals surface area contributed by atoms with Gasteiger partial charge in [-0.25, -0.2) is 4.39 Å². The first kappa shape index (κ1) is 15.1. The molecule has 0 spiro atoms. The van der Waals surface area contributed by atoms with Crippen molar-refractivity contribution >= 4 is 35.0 Å². The van der Waals surface area contributed by atoms with Crippen molar-refractivity contribution in [1.29, 1.82) is 0 Å². The molecule has 1 aliphatic rings. The maximum Gasteiger partial charge on any atom is 0.128 e. The molecule has 0 aliphatic carbocycles. The van der Waals surface area contributed by atoms with E-state index in [1.807, 2.05) is 12.1 Å². The van der Waals surface area contributed by atoms with Crippen LogP contribution in [0.3, 0.4) is 0 Å². The molecule has 1 N–H and O–H groups in total. The highest BCUT2D eigenvalue weighted by Crippen LogP contribution is 2.24. The molecule has 0 aromatic heterocycles. The highest BCUT2D eigenvalue weighted by molar-refractivity contribution is 14.1. The summed E-state index contributed by atoms with van der Waals surface area (Å²) in [5, 5.41) is 3.31. The van der Waals surface area contributed by atoms with E-state index in [4.69, 9.17) is 0 Å². The Morgan fingerprint density at radius 3 is 2.65 bits per heavy atom. The van der Waals surface area contributed by atoms with Gasteiger partial charge in [0.2, 0.25) is 0 Å². The smallest absolute Gasteiger partial charge is 0.128 e. The van der Waals surface area contributed by atoms with Crippen LogP contribution in [-0.2, 0) is 0 Å². The van der Waals surface area contributed by atoms with Crippen molar-refractivity contribution in [3.8, 4) is 0 Å². The molecule has 0 unspecified atom stereocenters. The molecule has 1 aromatic carbocycles. The van der Waals surface area contributed by atoms with E-state index in [-0.39, 0.29) is 24.3 Å². The van der Waals surface area contributed by atoms with Crippen molar-refractivity contribution in [2.24, 2.45) is 0 Å². The van der Waals surface area contributed by atoms with Crippen molar-refractivity contribution in [3.05, 3.63) is 33.1 Å². The number of hydrogen-bond acceptors (Lipinski definition) is 2. The van der Waals surface area contributed by atoms with E-state index >= 15 is 0 Å². The Labute approximate surface area is 122 Å². The summed E-state index contributed by atoms with van der Waals surface area (Å²) in [7, 11) is 0. The van der Waals surface area contributed by atoms with E-state index < -0.39 is 0 Å². The third kappa shape index (κ3) is 3.77. The second-order valence-corrected chi connectivity index (χ2v) is 5.37. The van der Waals surface area contributed by atoms with Crippen LogP contribution >= 0.6 is 35.0 Å². The number of rotatable bonds is 2. The average Bonchev–Trinajstić information content (AvgIpc) is 2.32. The topological polar surface area (TPSA) is 15.3 Å². The molecular formula is C12H17ClFIN2. The highest BCUT2D eigenvalue weighted by Gasteiger charge is 2.20. The Morgan fingerprint density at radius 1 is 1.35 bits per heavy atom. The number of piperazine rings is 1. The van der Waals surface area contributed by atoms with Gasteiger partial charge in [0.05, 0.1) is 0 Å². The Hall–Kier alpha value is 0.0900. The zero-order valence-corrected chi connectivity index (χ0v) is 12.7. The van der Waals surface area contributed by atoms with Gasteiger partial charge in [0.25, 0.3) is 0 Å². The molecule has 0 bridgehead atoms. The van der Waals surface area contributed by atoms with E-state index in [2.05, 4.69) is 39.7 Å². The lowest BCUT2D eigenvalue weighted by Crippen LogP contribution is -2.44. The van der Waals surface area contributed by atoms with E-state index in [0.29, 0.717) is 0 Å². The summed E-state index contributed by atoms with van der Waals surface area (Å²) in [6.45, 7) is 6.06. The minimum absolute atomic E-state index is 0.